The quantitative estimate of drug-likeness (QED) is 0.0769. The van der Waals surface area contributed by atoms with Gasteiger partial charge in [-0.2, -0.15) is 4.31 Å². The minimum Gasteiger partial charge on any atom is -0.489 e. The number of aryl methyl sites for hydroxylation is 2. The van der Waals surface area contributed by atoms with E-state index in [1.54, 1.807) is 52.0 Å². The fourth-order valence-corrected chi connectivity index (χ4v) is 12.9. The molecule has 0 saturated carbocycles. The number of carbonyl (C=O) groups is 4. The van der Waals surface area contributed by atoms with Gasteiger partial charge >= 0.3 is 11.9 Å². The lowest BCUT2D eigenvalue weighted by Crippen LogP contribution is -2.76. The summed E-state index contributed by atoms with van der Waals surface area (Å²) in [5.41, 5.74) is 2.66. The molecule has 4 aromatic carbocycles. The van der Waals surface area contributed by atoms with Crippen LogP contribution in [0.5, 0.6) is 11.5 Å². The predicted molar refractivity (Wildman–Crippen MR) is 284 cm³/mol. The molecule has 0 aliphatic carbocycles. The normalized spacial score (nSPS) is 14.9. The summed E-state index contributed by atoms with van der Waals surface area (Å²) in [5.74, 6) is -1.59. The second-order valence-corrected chi connectivity index (χ2v) is 23.6. The first-order valence-corrected chi connectivity index (χ1v) is 27.8. The highest BCUT2D eigenvalue weighted by Gasteiger charge is 2.60. The topological polar surface area (TPSA) is 218 Å². The van der Waals surface area contributed by atoms with E-state index in [0.717, 1.165) is 48.6 Å². The van der Waals surface area contributed by atoms with Crippen LogP contribution in [0, 0.1) is 31.1 Å². The number of aromatic nitrogens is 2. The Hall–Kier alpha value is -7.00. The lowest BCUT2D eigenvalue weighted by atomic mass is 9.81. The van der Waals surface area contributed by atoms with Crippen molar-refractivity contribution < 1.29 is 59.7 Å². The van der Waals surface area contributed by atoms with Crippen LogP contribution in [0.2, 0.25) is 0 Å². The van der Waals surface area contributed by atoms with Gasteiger partial charge in [0.15, 0.2) is 15.4 Å². The molecular weight excluding hydrogens is 1010 g/mol. The van der Waals surface area contributed by atoms with E-state index in [1.165, 1.54) is 55.4 Å². The average molecular weight is 1080 g/mol. The monoisotopic (exact) mass is 1080 g/mol. The summed E-state index contributed by atoms with van der Waals surface area (Å²) in [6.45, 7) is 11.3. The van der Waals surface area contributed by atoms with E-state index >= 15 is 0 Å². The van der Waals surface area contributed by atoms with Crippen molar-refractivity contribution in [1.29, 1.82) is 0 Å². The number of fused-ring (bicyclic) bond motifs is 2. The second kappa shape index (κ2) is 23.5. The molecular formula is C56H65N5O13S2. The molecule has 2 fully saturated rings. The lowest BCUT2D eigenvalue weighted by Gasteiger charge is -2.52. The molecule has 6 aromatic rings. The number of sulfone groups is 1. The van der Waals surface area contributed by atoms with E-state index in [-0.39, 0.29) is 79.4 Å². The average Bonchev–Trinajstić information content (AvgIpc) is 3.45. The zero-order chi connectivity index (χ0) is 55.2. The number of carbonyl (C=O) groups excluding carboxylic acids is 4. The number of amides is 2. The van der Waals surface area contributed by atoms with Gasteiger partial charge in [0.1, 0.15) is 30.1 Å². The number of esters is 2. The van der Waals surface area contributed by atoms with Crippen molar-refractivity contribution in [3.05, 3.63) is 132 Å². The molecule has 0 N–H and O–H groups in total. The predicted octanol–water partition coefficient (Wildman–Crippen LogP) is 6.72. The van der Waals surface area contributed by atoms with Gasteiger partial charge in [0.25, 0.3) is 0 Å². The number of para-hydroxylation sites is 2. The molecule has 2 aliphatic rings. The lowest BCUT2D eigenvalue weighted by molar-refractivity contribution is -0.170. The molecule has 404 valence electrons. The van der Waals surface area contributed by atoms with Gasteiger partial charge in [0.05, 0.1) is 60.5 Å². The molecule has 2 aromatic heterocycles. The standard InChI is InChI=1S/C29H35N3O7S.C27H30N2O6S/c1-20(2)27(33)31-18-29(19-31,28(34)38-5)32(14-15-37-4)40(35,36)24-12-10-23(11-13-24)39-17-22-16-21(3)30-26-9-7-6-8-25(22)26;1-18(2)25(30)29-15-27(16-29,26(31)34-4)17-36(32,33)22-11-9-21(10-12-22)35-14-20-13-19(3)28-24-8-6-5-7-23(20)24/h6-13,16,20H,14-15,17-19H2,1-5H3;5-13,18H,14-17H2,1-4H3. The highest BCUT2D eigenvalue weighted by atomic mass is 32.2. The molecule has 4 heterocycles. The Balaban J connectivity index is 0.000000222. The summed E-state index contributed by atoms with van der Waals surface area (Å²) in [7, 11) is -4.13. The largest absolute Gasteiger partial charge is 0.489 e. The van der Waals surface area contributed by atoms with Gasteiger partial charge in [0.2, 0.25) is 21.8 Å². The van der Waals surface area contributed by atoms with Gasteiger partial charge in [-0.25, -0.2) is 21.6 Å². The minimum absolute atomic E-state index is 0.0157. The minimum atomic E-state index is -4.18. The number of methoxy groups -OCH3 is 3. The van der Waals surface area contributed by atoms with Crippen molar-refractivity contribution in [3.8, 4) is 11.5 Å². The van der Waals surface area contributed by atoms with Crippen molar-refractivity contribution in [1.82, 2.24) is 24.1 Å². The van der Waals surface area contributed by atoms with Crippen molar-refractivity contribution in [2.45, 2.75) is 70.1 Å². The number of pyridine rings is 2. The second-order valence-electron chi connectivity index (χ2n) is 19.7. The Kier molecular flexibility index (Phi) is 17.5. The van der Waals surface area contributed by atoms with Gasteiger partial charge in [-0.15, -0.1) is 0 Å². The van der Waals surface area contributed by atoms with Crippen molar-refractivity contribution >= 4 is 65.4 Å². The van der Waals surface area contributed by atoms with Crippen LogP contribution in [0.25, 0.3) is 21.8 Å². The van der Waals surface area contributed by atoms with Crippen molar-refractivity contribution in [2.24, 2.45) is 17.3 Å². The van der Waals surface area contributed by atoms with Crippen LogP contribution in [-0.4, -0.2) is 137 Å². The molecule has 18 nitrogen and oxygen atoms in total. The number of benzene rings is 4. The van der Waals surface area contributed by atoms with Crippen LogP contribution in [0.3, 0.4) is 0 Å². The zero-order valence-electron chi connectivity index (χ0n) is 44.3. The third-order valence-corrected chi connectivity index (χ3v) is 17.3. The first kappa shape index (κ1) is 56.7. The van der Waals surface area contributed by atoms with Crippen LogP contribution in [-0.2, 0) is 66.5 Å². The Morgan fingerprint density at radius 3 is 1.47 bits per heavy atom. The molecule has 0 bridgehead atoms. The molecule has 0 spiro atoms. The maximum absolute atomic E-state index is 13.9. The molecule has 20 heteroatoms. The molecule has 0 unspecified atom stereocenters. The Morgan fingerprint density at radius 1 is 0.605 bits per heavy atom. The Labute approximate surface area is 444 Å². The van der Waals surface area contributed by atoms with Crippen LogP contribution < -0.4 is 9.47 Å². The number of likely N-dealkylation sites (tertiary alicyclic amines) is 2. The van der Waals surface area contributed by atoms with Crippen LogP contribution in [0.15, 0.2) is 119 Å². The maximum Gasteiger partial charge on any atom is 0.331 e. The molecule has 8 rings (SSSR count). The van der Waals surface area contributed by atoms with E-state index in [2.05, 4.69) is 9.97 Å². The SMILES string of the molecule is COC(=O)C1(CS(=O)(=O)c2ccc(OCc3cc(C)nc4ccccc34)cc2)CN(C(=O)C(C)C)C1.COCCN(C1(C(=O)OC)CN(C(=O)C(C)C)C1)S(=O)(=O)c1ccc(OCc2cc(C)nc3ccccc23)cc1. The molecule has 2 amide bonds. The highest BCUT2D eigenvalue weighted by Crippen LogP contribution is 2.38. The van der Waals surface area contributed by atoms with E-state index < -0.39 is 48.5 Å². The summed E-state index contributed by atoms with van der Waals surface area (Å²) in [4.78, 5) is 62.4. The van der Waals surface area contributed by atoms with E-state index in [4.69, 9.17) is 23.7 Å². The van der Waals surface area contributed by atoms with Gasteiger partial charge in [-0.05, 0) is 86.6 Å². The fourth-order valence-electron chi connectivity index (χ4n) is 9.50. The summed E-state index contributed by atoms with van der Waals surface area (Å²) in [5, 5.41) is 1.99. The van der Waals surface area contributed by atoms with Gasteiger partial charge < -0.3 is 33.5 Å². The Bertz CT molecular complexity index is 3320. The summed E-state index contributed by atoms with van der Waals surface area (Å²) in [6, 6.07) is 31.8. The molecule has 76 heavy (non-hydrogen) atoms. The number of hydrogen-bond acceptors (Lipinski definition) is 15. The number of ether oxygens (including phenoxy) is 5. The van der Waals surface area contributed by atoms with E-state index in [0.29, 0.717) is 18.1 Å². The summed E-state index contributed by atoms with van der Waals surface area (Å²) in [6.07, 6.45) is 0. The van der Waals surface area contributed by atoms with Crippen LogP contribution >= 0.6 is 0 Å². The van der Waals surface area contributed by atoms with Gasteiger partial charge in [-0.3, -0.25) is 24.4 Å². The smallest absolute Gasteiger partial charge is 0.331 e. The zero-order valence-corrected chi connectivity index (χ0v) is 45.9. The maximum atomic E-state index is 13.9. The van der Waals surface area contributed by atoms with Gasteiger partial charge in [0, 0.05) is 71.9 Å². The van der Waals surface area contributed by atoms with E-state index in [9.17, 15) is 36.0 Å². The molecule has 2 aliphatic heterocycles. The third kappa shape index (κ3) is 12.1. The molecule has 2 saturated heterocycles. The molecule has 0 radical (unpaired) electrons. The molecule has 0 atom stereocenters. The first-order chi connectivity index (χ1) is 36.1. The van der Waals surface area contributed by atoms with Crippen molar-refractivity contribution in [2.75, 3.05) is 66.4 Å². The third-order valence-electron chi connectivity index (χ3n) is 13.4. The number of nitrogens with zero attached hydrogens (tertiary/aromatic N) is 5. The highest BCUT2D eigenvalue weighted by molar-refractivity contribution is 7.91. The number of hydrogen-bond donors (Lipinski definition) is 0. The Morgan fingerprint density at radius 2 is 1.04 bits per heavy atom. The van der Waals surface area contributed by atoms with Crippen LogP contribution in [0.1, 0.15) is 50.2 Å². The van der Waals surface area contributed by atoms with E-state index in [1.807, 2.05) is 74.5 Å². The number of rotatable bonds is 19. The number of sulfonamides is 1. The first-order valence-electron chi connectivity index (χ1n) is 24.7. The van der Waals surface area contributed by atoms with Crippen molar-refractivity contribution in [3.63, 3.8) is 0 Å². The van der Waals surface area contributed by atoms with Crippen LogP contribution in [0.4, 0.5) is 0 Å². The summed E-state index contributed by atoms with van der Waals surface area (Å²) < 4.78 is 82.3. The fraction of sp³-hybridized carbons (Fsp3) is 0.393. The van der Waals surface area contributed by atoms with Gasteiger partial charge in [-0.1, -0.05) is 64.1 Å². The summed E-state index contributed by atoms with van der Waals surface area (Å²) >= 11 is 0.